The van der Waals surface area contributed by atoms with Crippen LogP contribution in [0.4, 0.5) is 5.82 Å². The van der Waals surface area contributed by atoms with Crippen LogP contribution < -0.4 is 5.73 Å². The maximum absolute atomic E-state index is 12.6. The van der Waals surface area contributed by atoms with Crippen LogP contribution in [0, 0.1) is 0 Å². The van der Waals surface area contributed by atoms with Gasteiger partial charge in [-0.05, 0) is 29.8 Å². The van der Waals surface area contributed by atoms with Crippen molar-refractivity contribution < 1.29 is 4.79 Å². The number of halogens is 1. The molecule has 2 heterocycles. The van der Waals surface area contributed by atoms with E-state index < -0.39 is 0 Å². The van der Waals surface area contributed by atoms with E-state index in [1.54, 1.807) is 0 Å². The number of nitrogens with zero attached hydrogens (tertiary/aromatic N) is 4. The second-order valence-corrected chi connectivity index (χ2v) is 7.92. The van der Waals surface area contributed by atoms with Crippen LogP contribution in [0.15, 0.2) is 53.0 Å². The van der Waals surface area contributed by atoms with E-state index in [1.807, 2.05) is 53.4 Å². The predicted molar refractivity (Wildman–Crippen MR) is 114 cm³/mol. The lowest BCUT2D eigenvalue weighted by Crippen LogP contribution is -2.48. The average Bonchev–Trinajstić information content (AvgIpc) is 2.70. The highest BCUT2D eigenvalue weighted by Crippen LogP contribution is 2.18. The summed E-state index contributed by atoms with van der Waals surface area (Å²) in [6, 6.07) is 15.7. The number of para-hydroxylation sites is 1. The van der Waals surface area contributed by atoms with Crippen LogP contribution in [-0.4, -0.2) is 51.9 Å². The van der Waals surface area contributed by atoms with Gasteiger partial charge in [0.15, 0.2) is 0 Å². The van der Waals surface area contributed by atoms with Crippen LogP contribution in [-0.2, 0) is 17.8 Å². The maximum atomic E-state index is 12.6. The fraction of sp³-hybridized carbons (Fsp3) is 0.286. The number of hydrogen-bond donors (Lipinski definition) is 1. The molecule has 1 fully saturated rings. The van der Waals surface area contributed by atoms with Gasteiger partial charge in [-0.2, -0.15) is 0 Å². The lowest BCUT2D eigenvalue weighted by atomic mass is 10.1. The minimum Gasteiger partial charge on any atom is -0.383 e. The molecular weight excluding hydrogens is 418 g/mol. The number of piperazine rings is 1. The Morgan fingerprint density at radius 2 is 1.71 bits per heavy atom. The lowest BCUT2D eigenvalue weighted by Gasteiger charge is -2.34. The standard InChI is InChI=1S/C21H22BrN5O/c22-16-7-5-15(6-8-16)13-20(28)27-11-9-26(10-12-27)14-19-24-18-4-2-1-3-17(18)21(23)25-19/h1-8H,9-14H2,(H2,23,24,25). The maximum Gasteiger partial charge on any atom is 0.227 e. The first-order valence-corrected chi connectivity index (χ1v) is 10.1. The third-order valence-corrected chi connectivity index (χ3v) is 5.57. The molecule has 0 aliphatic carbocycles. The van der Waals surface area contributed by atoms with Crippen molar-refractivity contribution >= 4 is 38.6 Å². The zero-order chi connectivity index (χ0) is 19.5. The minimum absolute atomic E-state index is 0.174. The summed E-state index contributed by atoms with van der Waals surface area (Å²) in [5.41, 5.74) is 7.99. The number of amides is 1. The van der Waals surface area contributed by atoms with E-state index in [2.05, 4.69) is 30.8 Å². The summed E-state index contributed by atoms with van der Waals surface area (Å²) >= 11 is 3.42. The van der Waals surface area contributed by atoms with Crippen molar-refractivity contribution in [2.75, 3.05) is 31.9 Å². The average molecular weight is 440 g/mol. The second kappa shape index (κ2) is 8.24. The van der Waals surface area contributed by atoms with Gasteiger partial charge in [0.25, 0.3) is 0 Å². The quantitative estimate of drug-likeness (QED) is 0.676. The van der Waals surface area contributed by atoms with Gasteiger partial charge in [0.05, 0.1) is 18.5 Å². The van der Waals surface area contributed by atoms with Gasteiger partial charge in [0, 0.05) is 36.0 Å². The van der Waals surface area contributed by atoms with Crippen LogP contribution in [0.25, 0.3) is 10.9 Å². The van der Waals surface area contributed by atoms with E-state index in [0.717, 1.165) is 52.9 Å². The zero-order valence-corrected chi connectivity index (χ0v) is 17.1. The number of aromatic nitrogens is 2. The van der Waals surface area contributed by atoms with Crippen LogP contribution >= 0.6 is 15.9 Å². The predicted octanol–water partition coefficient (Wildman–Crippen LogP) is 2.86. The fourth-order valence-electron chi connectivity index (χ4n) is 3.47. The Hall–Kier alpha value is -2.51. The summed E-state index contributed by atoms with van der Waals surface area (Å²) in [5.74, 6) is 1.42. The largest absolute Gasteiger partial charge is 0.383 e. The van der Waals surface area contributed by atoms with Crippen molar-refractivity contribution in [3.8, 4) is 0 Å². The number of anilines is 1. The molecule has 6 nitrogen and oxygen atoms in total. The number of nitrogens with two attached hydrogens (primary N) is 1. The Morgan fingerprint density at radius 3 is 2.46 bits per heavy atom. The molecule has 144 valence electrons. The topological polar surface area (TPSA) is 75.3 Å². The number of hydrogen-bond acceptors (Lipinski definition) is 5. The smallest absolute Gasteiger partial charge is 0.227 e. The van der Waals surface area contributed by atoms with Gasteiger partial charge in [-0.15, -0.1) is 0 Å². The van der Waals surface area contributed by atoms with E-state index >= 15 is 0 Å². The van der Waals surface area contributed by atoms with Gasteiger partial charge in [-0.1, -0.05) is 40.2 Å². The van der Waals surface area contributed by atoms with E-state index in [0.29, 0.717) is 18.8 Å². The lowest BCUT2D eigenvalue weighted by molar-refractivity contribution is -0.132. The molecule has 0 radical (unpaired) electrons. The first-order chi connectivity index (χ1) is 13.6. The van der Waals surface area contributed by atoms with E-state index in [1.165, 1.54) is 0 Å². The summed E-state index contributed by atoms with van der Waals surface area (Å²) in [6.45, 7) is 3.70. The minimum atomic E-state index is 0.174. The van der Waals surface area contributed by atoms with Gasteiger partial charge in [0.1, 0.15) is 11.6 Å². The SMILES string of the molecule is Nc1nc(CN2CCN(C(=O)Cc3ccc(Br)cc3)CC2)nc2ccccc12. The Bertz CT molecular complexity index is 984. The molecule has 0 saturated carbocycles. The monoisotopic (exact) mass is 439 g/mol. The molecule has 7 heteroatoms. The molecule has 3 aromatic rings. The molecule has 1 aromatic heterocycles. The van der Waals surface area contributed by atoms with Gasteiger partial charge in [-0.3, -0.25) is 9.69 Å². The van der Waals surface area contributed by atoms with Crippen molar-refractivity contribution in [1.29, 1.82) is 0 Å². The molecule has 28 heavy (non-hydrogen) atoms. The van der Waals surface area contributed by atoms with Gasteiger partial charge >= 0.3 is 0 Å². The van der Waals surface area contributed by atoms with Crippen molar-refractivity contribution in [2.24, 2.45) is 0 Å². The Balaban J connectivity index is 1.34. The summed E-state index contributed by atoms with van der Waals surface area (Å²) in [6.07, 6.45) is 0.442. The van der Waals surface area contributed by atoms with Crippen LogP contribution in [0.1, 0.15) is 11.4 Å². The van der Waals surface area contributed by atoms with Crippen molar-refractivity contribution in [3.63, 3.8) is 0 Å². The third kappa shape index (κ3) is 4.31. The van der Waals surface area contributed by atoms with Crippen LogP contribution in [0.2, 0.25) is 0 Å². The first-order valence-electron chi connectivity index (χ1n) is 9.34. The van der Waals surface area contributed by atoms with Gasteiger partial charge < -0.3 is 10.6 Å². The molecular formula is C21H22BrN5O. The van der Waals surface area contributed by atoms with Crippen molar-refractivity contribution in [2.45, 2.75) is 13.0 Å². The van der Waals surface area contributed by atoms with Crippen LogP contribution in [0.5, 0.6) is 0 Å². The number of carbonyl (C=O) groups is 1. The molecule has 2 N–H and O–H groups in total. The normalized spacial score (nSPS) is 15.1. The molecule has 0 bridgehead atoms. The fourth-order valence-corrected chi connectivity index (χ4v) is 3.73. The van der Waals surface area contributed by atoms with E-state index in [9.17, 15) is 4.79 Å². The number of benzene rings is 2. The van der Waals surface area contributed by atoms with Crippen LogP contribution in [0.3, 0.4) is 0 Å². The summed E-state index contributed by atoms with van der Waals surface area (Å²) in [7, 11) is 0. The second-order valence-electron chi connectivity index (χ2n) is 7.00. The first kappa shape index (κ1) is 18.8. The zero-order valence-electron chi connectivity index (χ0n) is 15.5. The summed E-state index contributed by atoms with van der Waals surface area (Å²) in [5, 5.41) is 0.884. The number of rotatable bonds is 4. The van der Waals surface area contributed by atoms with Crippen molar-refractivity contribution in [3.05, 3.63) is 64.4 Å². The molecule has 1 amide bonds. The molecule has 2 aromatic carbocycles. The summed E-state index contributed by atoms with van der Waals surface area (Å²) < 4.78 is 1.02. The highest BCUT2D eigenvalue weighted by atomic mass is 79.9. The van der Waals surface area contributed by atoms with E-state index in [4.69, 9.17) is 5.73 Å². The van der Waals surface area contributed by atoms with Gasteiger partial charge in [0.2, 0.25) is 5.91 Å². The molecule has 1 aliphatic rings. The molecule has 0 atom stereocenters. The molecule has 0 spiro atoms. The molecule has 1 aliphatic heterocycles. The Kier molecular flexibility index (Phi) is 5.54. The summed E-state index contributed by atoms with van der Waals surface area (Å²) in [4.78, 5) is 25.9. The van der Waals surface area contributed by atoms with Gasteiger partial charge in [-0.25, -0.2) is 9.97 Å². The number of carbonyl (C=O) groups excluding carboxylic acids is 1. The Morgan fingerprint density at radius 1 is 1.00 bits per heavy atom. The molecule has 4 rings (SSSR count). The third-order valence-electron chi connectivity index (χ3n) is 5.04. The number of fused-ring (bicyclic) bond motifs is 1. The molecule has 0 unspecified atom stereocenters. The molecule has 1 saturated heterocycles. The highest BCUT2D eigenvalue weighted by Gasteiger charge is 2.22. The Labute approximate surface area is 172 Å². The highest BCUT2D eigenvalue weighted by molar-refractivity contribution is 9.10. The van der Waals surface area contributed by atoms with Crippen molar-refractivity contribution in [1.82, 2.24) is 19.8 Å². The van der Waals surface area contributed by atoms with E-state index in [-0.39, 0.29) is 5.91 Å². The number of nitrogen functional groups attached to an aromatic ring is 1.